The van der Waals surface area contributed by atoms with Crippen LogP contribution in [0.2, 0.25) is 0 Å². The summed E-state index contributed by atoms with van der Waals surface area (Å²) in [4.78, 5) is 53.7. The molecule has 4 aliphatic rings. The molecule has 0 radical (unpaired) electrons. The number of likely N-dealkylation sites (N-methyl/N-ethyl adjacent to an activating group) is 1. The van der Waals surface area contributed by atoms with Crippen LogP contribution in [0.25, 0.3) is 0 Å². The van der Waals surface area contributed by atoms with Gasteiger partial charge in [0.2, 0.25) is 17.7 Å². The molecule has 0 spiro atoms. The molecule has 0 unspecified atom stereocenters. The van der Waals surface area contributed by atoms with E-state index in [-0.39, 0.29) is 47.3 Å². The molecule has 1 aromatic carbocycles. The zero-order valence-electron chi connectivity index (χ0n) is 30.8. The number of carbonyl (C=O) groups excluding carboxylic acids is 3. The fourth-order valence-electron chi connectivity index (χ4n) is 8.34. The lowest BCUT2D eigenvalue weighted by Crippen LogP contribution is -2.54. The molecule has 10 heteroatoms. The minimum absolute atomic E-state index is 0.0492. The molecule has 1 aliphatic carbocycles. The van der Waals surface area contributed by atoms with Gasteiger partial charge in [0.05, 0.1) is 12.0 Å². The highest BCUT2D eigenvalue weighted by atomic mass is 19.1. The molecule has 1 aromatic rings. The summed E-state index contributed by atoms with van der Waals surface area (Å²) in [6.07, 6.45) is 4.21. The van der Waals surface area contributed by atoms with Crippen LogP contribution in [0.1, 0.15) is 99.0 Å². The van der Waals surface area contributed by atoms with Crippen LogP contribution in [0.4, 0.5) is 8.78 Å². The van der Waals surface area contributed by atoms with Gasteiger partial charge in [-0.2, -0.15) is 0 Å². The fraction of sp³-hybridized carbons (Fsp3) is 0.763. The Morgan fingerprint density at radius 1 is 0.854 bits per heavy atom. The summed E-state index contributed by atoms with van der Waals surface area (Å²) in [6, 6.07) is 2.66. The Kier molecular flexibility index (Phi) is 10.4. The number of halogens is 2. The highest BCUT2D eigenvalue weighted by molar-refractivity contribution is 5.91. The van der Waals surface area contributed by atoms with E-state index in [9.17, 15) is 18.8 Å². The summed E-state index contributed by atoms with van der Waals surface area (Å²) in [6.45, 7) is 20.4. The van der Waals surface area contributed by atoms with Crippen LogP contribution in [0, 0.1) is 28.4 Å². The zero-order valence-corrected chi connectivity index (χ0v) is 30.8. The molecular weight excluding hydrogens is 612 g/mol. The number of nitrogens with zero attached hydrogens (tertiary/aromatic N) is 5. The van der Waals surface area contributed by atoms with Crippen molar-refractivity contribution >= 4 is 17.7 Å². The maximum atomic E-state index is 15.4. The number of carbonyl (C=O) groups is 3. The number of hydrogen-bond donors (Lipinski definition) is 0. The summed E-state index contributed by atoms with van der Waals surface area (Å²) < 4.78 is 29.4. The number of rotatable bonds is 5. The van der Waals surface area contributed by atoms with Crippen molar-refractivity contribution in [1.29, 1.82) is 0 Å². The molecule has 5 rings (SSSR count). The van der Waals surface area contributed by atoms with Gasteiger partial charge in [-0.15, -0.1) is 0 Å². The number of amides is 3. The molecule has 3 amide bonds. The fourth-order valence-corrected chi connectivity index (χ4v) is 8.34. The molecule has 1 saturated carbocycles. The number of piperazine rings is 1. The molecule has 4 fully saturated rings. The van der Waals surface area contributed by atoms with Crippen LogP contribution in [0.5, 0.6) is 0 Å². The Bertz CT molecular complexity index is 1350. The number of likely N-dealkylation sites (tertiary alicyclic amines) is 2. The Labute approximate surface area is 287 Å². The predicted molar refractivity (Wildman–Crippen MR) is 184 cm³/mol. The standard InChI is InChI=1S/C38H59F2N5O3/c1-36(2,3)35(48)45(26-12-14-38(7,8)15-13-26)27-21-32(34(47)42-18-16-41(9)17-19-42)44(22-27)33(46)30-24-43(37(4,5)6)23-29(30)28-11-10-25(39)20-31(28)40/h10-11,20,26-27,29-30,32H,12-19,21-24H2,1-9H3/t27-,29-,30-,32-/m0/s1. The molecule has 0 aromatic heterocycles. The average Bonchev–Trinajstić information content (AvgIpc) is 3.63. The molecule has 48 heavy (non-hydrogen) atoms. The molecule has 8 nitrogen and oxygen atoms in total. The molecule has 0 N–H and O–H groups in total. The van der Waals surface area contributed by atoms with Gasteiger partial charge in [0.15, 0.2) is 0 Å². The second-order valence-corrected chi connectivity index (χ2v) is 17.8. The van der Waals surface area contributed by atoms with Gasteiger partial charge in [0, 0.05) is 74.8 Å². The van der Waals surface area contributed by atoms with Crippen LogP contribution in [0.3, 0.4) is 0 Å². The first-order valence-corrected chi connectivity index (χ1v) is 18.1. The minimum atomic E-state index is -0.705. The first-order chi connectivity index (χ1) is 22.3. The molecule has 3 saturated heterocycles. The zero-order chi connectivity index (χ0) is 35.3. The van der Waals surface area contributed by atoms with Crippen molar-refractivity contribution in [2.75, 3.05) is 52.9 Å². The maximum absolute atomic E-state index is 15.4. The van der Waals surface area contributed by atoms with E-state index >= 15 is 4.39 Å². The molecule has 0 bridgehead atoms. The van der Waals surface area contributed by atoms with Crippen molar-refractivity contribution in [1.82, 2.24) is 24.5 Å². The largest absolute Gasteiger partial charge is 0.338 e. The average molecular weight is 672 g/mol. The Morgan fingerprint density at radius 2 is 1.48 bits per heavy atom. The topological polar surface area (TPSA) is 67.4 Å². The number of hydrogen-bond acceptors (Lipinski definition) is 5. The van der Waals surface area contributed by atoms with Crippen LogP contribution in [-0.2, 0) is 14.4 Å². The monoisotopic (exact) mass is 671 g/mol. The van der Waals surface area contributed by atoms with Crippen LogP contribution >= 0.6 is 0 Å². The second-order valence-electron chi connectivity index (χ2n) is 17.8. The highest BCUT2D eigenvalue weighted by Gasteiger charge is 2.52. The van der Waals surface area contributed by atoms with E-state index in [0.29, 0.717) is 38.2 Å². The third-order valence-corrected chi connectivity index (χ3v) is 11.6. The predicted octanol–water partition coefficient (Wildman–Crippen LogP) is 5.37. The summed E-state index contributed by atoms with van der Waals surface area (Å²) in [5, 5.41) is 0. The van der Waals surface area contributed by atoms with E-state index in [1.54, 1.807) is 4.90 Å². The first-order valence-electron chi connectivity index (χ1n) is 18.1. The molecule has 268 valence electrons. The van der Waals surface area contributed by atoms with Gasteiger partial charge in [-0.25, -0.2) is 8.78 Å². The van der Waals surface area contributed by atoms with E-state index in [0.717, 1.165) is 44.8 Å². The van der Waals surface area contributed by atoms with Gasteiger partial charge in [-0.1, -0.05) is 40.7 Å². The molecule has 4 atom stereocenters. The molecular formula is C38H59F2N5O3. The van der Waals surface area contributed by atoms with Gasteiger partial charge in [0.1, 0.15) is 17.7 Å². The van der Waals surface area contributed by atoms with Gasteiger partial charge in [-0.3, -0.25) is 19.3 Å². The summed E-state index contributed by atoms with van der Waals surface area (Å²) in [7, 11) is 2.04. The van der Waals surface area contributed by atoms with E-state index in [1.807, 2.05) is 32.7 Å². The van der Waals surface area contributed by atoms with Crippen molar-refractivity contribution in [3.8, 4) is 0 Å². The summed E-state index contributed by atoms with van der Waals surface area (Å²) >= 11 is 0. The Balaban J connectivity index is 1.51. The van der Waals surface area contributed by atoms with Gasteiger partial charge in [-0.05, 0) is 77.0 Å². The number of benzene rings is 1. The lowest BCUT2D eigenvalue weighted by Gasteiger charge is -2.45. The van der Waals surface area contributed by atoms with Gasteiger partial charge < -0.3 is 19.6 Å². The smallest absolute Gasteiger partial charge is 0.245 e. The normalized spacial score (nSPS) is 27.8. The third kappa shape index (κ3) is 7.74. The van der Waals surface area contributed by atoms with Crippen molar-refractivity contribution in [2.24, 2.45) is 16.7 Å². The molecule has 3 aliphatic heterocycles. The van der Waals surface area contributed by atoms with Gasteiger partial charge in [0.25, 0.3) is 0 Å². The lowest BCUT2D eigenvalue weighted by atomic mass is 9.74. The SMILES string of the molecule is CN1CCN(C(=O)[C@@H]2C[C@H](N(C(=O)C(C)(C)C)C3CCC(C)(C)CC3)CN2C(=O)[C@H]2CN(C(C)(C)C)C[C@H]2c2ccc(F)cc2F)CC1. The van der Waals surface area contributed by atoms with Gasteiger partial charge >= 0.3 is 0 Å². The summed E-state index contributed by atoms with van der Waals surface area (Å²) in [5.41, 5.74) is -0.354. The van der Waals surface area contributed by atoms with Crippen molar-refractivity contribution in [2.45, 2.75) is 117 Å². The first kappa shape index (κ1) is 36.7. The molecule has 3 heterocycles. The van der Waals surface area contributed by atoms with Crippen LogP contribution < -0.4 is 0 Å². The van der Waals surface area contributed by atoms with Crippen molar-refractivity contribution in [3.63, 3.8) is 0 Å². The Morgan fingerprint density at radius 3 is 2.04 bits per heavy atom. The van der Waals surface area contributed by atoms with E-state index in [4.69, 9.17) is 0 Å². The maximum Gasteiger partial charge on any atom is 0.245 e. The van der Waals surface area contributed by atoms with E-state index in [2.05, 4.69) is 49.3 Å². The van der Waals surface area contributed by atoms with Crippen LogP contribution in [-0.4, -0.2) is 119 Å². The van der Waals surface area contributed by atoms with Crippen molar-refractivity contribution < 1.29 is 23.2 Å². The quantitative estimate of drug-likeness (QED) is 0.422. The summed E-state index contributed by atoms with van der Waals surface area (Å²) in [5.74, 6) is -2.61. The van der Waals surface area contributed by atoms with Crippen LogP contribution in [0.15, 0.2) is 18.2 Å². The van der Waals surface area contributed by atoms with Crippen molar-refractivity contribution in [3.05, 3.63) is 35.4 Å². The van der Waals surface area contributed by atoms with E-state index in [1.165, 1.54) is 12.1 Å². The lowest BCUT2D eigenvalue weighted by molar-refractivity contribution is -0.147. The highest BCUT2D eigenvalue weighted by Crippen LogP contribution is 2.43. The Hall–Kier alpha value is -2.59. The second kappa shape index (κ2) is 13.6. The minimum Gasteiger partial charge on any atom is -0.338 e. The third-order valence-electron chi connectivity index (χ3n) is 11.6. The van der Waals surface area contributed by atoms with E-state index < -0.39 is 34.9 Å².